The second-order valence-electron chi connectivity index (χ2n) is 9.06. The van der Waals surface area contributed by atoms with Gasteiger partial charge in [-0.05, 0) is 23.3 Å². The average Bonchev–Trinajstić information content (AvgIpc) is 3.65. The number of ketones is 1. The van der Waals surface area contributed by atoms with E-state index in [2.05, 4.69) is 55.8 Å². The zero-order valence-corrected chi connectivity index (χ0v) is 19.9. The minimum atomic E-state index is -0.923. The van der Waals surface area contributed by atoms with E-state index in [0.717, 1.165) is 23.0 Å². The van der Waals surface area contributed by atoms with Gasteiger partial charge in [0.2, 0.25) is 5.78 Å². The Kier molecular flexibility index (Phi) is 5.84. The minimum Gasteiger partial charge on any atom is -0.381 e. The van der Waals surface area contributed by atoms with E-state index < -0.39 is 23.4 Å². The van der Waals surface area contributed by atoms with E-state index in [1.807, 2.05) is 24.3 Å². The van der Waals surface area contributed by atoms with E-state index in [9.17, 15) is 14.0 Å². The number of nitrogens with one attached hydrogen (secondary N) is 1. The lowest BCUT2D eigenvalue weighted by atomic mass is 9.96. The van der Waals surface area contributed by atoms with Crippen molar-refractivity contribution >= 4 is 23.1 Å². The molecule has 0 saturated carbocycles. The van der Waals surface area contributed by atoms with Crippen molar-refractivity contribution in [2.75, 3.05) is 42.9 Å². The quantitative estimate of drug-likeness (QED) is 0.424. The molecular weight excluding hydrogens is 473 g/mol. The third kappa shape index (κ3) is 4.20. The summed E-state index contributed by atoms with van der Waals surface area (Å²) in [6, 6.07) is 18.5. The first-order chi connectivity index (χ1) is 18.1. The fourth-order valence-corrected chi connectivity index (χ4v) is 5.02. The van der Waals surface area contributed by atoms with Crippen LogP contribution in [0.4, 0.5) is 15.8 Å². The third-order valence-electron chi connectivity index (χ3n) is 6.93. The summed E-state index contributed by atoms with van der Waals surface area (Å²) in [7, 11) is 0. The number of fused-ring (bicyclic) bond motifs is 1. The second kappa shape index (κ2) is 9.45. The van der Waals surface area contributed by atoms with Gasteiger partial charge in [-0.1, -0.05) is 47.7 Å². The Morgan fingerprint density at radius 3 is 2.51 bits per heavy atom. The van der Waals surface area contributed by atoms with Crippen LogP contribution in [0.15, 0.2) is 73.2 Å². The molecule has 1 atom stereocenters. The second-order valence-corrected chi connectivity index (χ2v) is 9.06. The van der Waals surface area contributed by atoms with E-state index in [1.165, 1.54) is 10.9 Å². The van der Waals surface area contributed by atoms with Crippen molar-refractivity contribution in [3.63, 3.8) is 0 Å². The van der Waals surface area contributed by atoms with E-state index >= 15 is 0 Å². The highest BCUT2D eigenvalue weighted by Gasteiger charge is 2.39. The molecule has 1 saturated heterocycles. The molecule has 1 unspecified atom stereocenters. The topological polar surface area (TPSA) is 96.2 Å². The van der Waals surface area contributed by atoms with Crippen molar-refractivity contribution in [1.82, 2.24) is 24.9 Å². The minimum absolute atomic E-state index is 0.121. The molecule has 6 rings (SSSR count). The van der Waals surface area contributed by atoms with Gasteiger partial charge >= 0.3 is 0 Å². The molecule has 0 spiro atoms. The van der Waals surface area contributed by atoms with Crippen LogP contribution in [-0.4, -0.2) is 69.3 Å². The van der Waals surface area contributed by atoms with Crippen LogP contribution in [0.5, 0.6) is 0 Å². The summed E-state index contributed by atoms with van der Waals surface area (Å²) >= 11 is 0. The monoisotopic (exact) mass is 497 g/mol. The highest BCUT2D eigenvalue weighted by molar-refractivity contribution is 6.38. The van der Waals surface area contributed by atoms with Crippen LogP contribution >= 0.6 is 0 Å². The van der Waals surface area contributed by atoms with Crippen molar-refractivity contribution in [3.05, 3.63) is 84.6 Å². The first-order valence-electron chi connectivity index (χ1n) is 12.1. The molecule has 2 aromatic heterocycles. The third-order valence-corrected chi connectivity index (χ3v) is 6.93. The lowest BCUT2D eigenvalue weighted by Crippen LogP contribution is -2.51. The van der Waals surface area contributed by atoms with Crippen molar-refractivity contribution in [1.29, 1.82) is 0 Å². The predicted octanol–water partition coefficient (Wildman–Crippen LogP) is 2.90. The lowest BCUT2D eigenvalue weighted by Gasteiger charge is -2.36. The van der Waals surface area contributed by atoms with Gasteiger partial charge in [0.15, 0.2) is 5.82 Å². The summed E-state index contributed by atoms with van der Waals surface area (Å²) in [5, 5.41) is 10.7. The Balaban J connectivity index is 1.15. The number of anilines is 2. The van der Waals surface area contributed by atoms with Gasteiger partial charge in [0.25, 0.3) is 5.91 Å². The Hall–Kier alpha value is -4.60. The van der Waals surface area contributed by atoms with Crippen LogP contribution < -0.4 is 10.2 Å². The summed E-state index contributed by atoms with van der Waals surface area (Å²) in [4.78, 5) is 34.3. The summed E-state index contributed by atoms with van der Waals surface area (Å²) in [5.41, 5.74) is 3.85. The van der Waals surface area contributed by atoms with E-state index in [-0.39, 0.29) is 12.1 Å². The number of carbonyl (C=O) groups excluding carboxylic acids is 2. The number of aromatic nitrogens is 4. The SMILES string of the molecule is O=C(C(=O)N1CCN(c2cccc(-c3ccccc3)c2)CC1)C1CNc2c(-n3ccnn3)ncc(F)c21. The number of halogens is 1. The molecule has 1 fully saturated rings. The van der Waals surface area contributed by atoms with Gasteiger partial charge in [-0.15, -0.1) is 5.10 Å². The van der Waals surface area contributed by atoms with Gasteiger partial charge in [-0.25, -0.2) is 14.1 Å². The van der Waals surface area contributed by atoms with Crippen LogP contribution in [0, 0.1) is 5.82 Å². The van der Waals surface area contributed by atoms with E-state index in [0.29, 0.717) is 37.7 Å². The highest BCUT2D eigenvalue weighted by atomic mass is 19.1. The van der Waals surface area contributed by atoms with Crippen molar-refractivity contribution in [3.8, 4) is 16.9 Å². The number of piperazine rings is 1. The number of hydrogen-bond donors (Lipinski definition) is 1. The Morgan fingerprint density at radius 1 is 0.973 bits per heavy atom. The average molecular weight is 498 g/mol. The Morgan fingerprint density at radius 2 is 1.76 bits per heavy atom. The largest absolute Gasteiger partial charge is 0.381 e. The molecule has 4 aromatic rings. The molecule has 0 aliphatic carbocycles. The van der Waals surface area contributed by atoms with E-state index in [4.69, 9.17) is 0 Å². The maximum absolute atomic E-state index is 14.8. The van der Waals surface area contributed by atoms with Gasteiger partial charge in [0.05, 0.1) is 30.2 Å². The molecule has 186 valence electrons. The lowest BCUT2D eigenvalue weighted by molar-refractivity contribution is -0.145. The van der Waals surface area contributed by atoms with Crippen LogP contribution in [0.3, 0.4) is 0 Å². The molecule has 2 aliphatic heterocycles. The maximum atomic E-state index is 14.8. The number of hydrogen-bond acceptors (Lipinski definition) is 7. The molecule has 0 radical (unpaired) electrons. The van der Waals surface area contributed by atoms with Gasteiger partial charge in [-0.3, -0.25) is 9.59 Å². The number of benzene rings is 2. The molecule has 1 N–H and O–H groups in total. The van der Waals surface area contributed by atoms with Crippen molar-refractivity contribution in [2.45, 2.75) is 5.92 Å². The Bertz CT molecular complexity index is 1450. The molecule has 1 amide bonds. The predicted molar refractivity (Wildman–Crippen MR) is 136 cm³/mol. The normalized spacial score (nSPS) is 16.8. The van der Waals surface area contributed by atoms with Crippen LogP contribution in [-0.2, 0) is 9.59 Å². The molecule has 0 bridgehead atoms. The number of carbonyl (C=O) groups is 2. The van der Waals surface area contributed by atoms with Crippen molar-refractivity contribution < 1.29 is 14.0 Å². The van der Waals surface area contributed by atoms with Gasteiger partial charge in [-0.2, -0.15) is 0 Å². The summed E-state index contributed by atoms with van der Waals surface area (Å²) < 4.78 is 16.2. The summed E-state index contributed by atoms with van der Waals surface area (Å²) in [6.45, 7) is 2.15. The van der Waals surface area contributed by atoms with Gasteiger partial charge < -0.3 is 15.1 Å². The molecule has 9 nitrogen and oxygen atoms in total. The Labute approximate surface area is 212 Å². The van der Waals surface area contributed by atoms with Gasteiger partial charge in [0, 0.05) is 44.0 Å². The van der Waals surface area contributed by atoms with Gasteiger partial charge in [0.1, 0.15) is 5.82 Å². The van der Waals surface area contributed by atoms with Crippen molar-refractivity contribution in [2.24, 2.45) is 0 Å². The smallest absolute Gasteiger partial charge is 0.290 e. The first-order valence-corrected chi connectivity index (χ1v) is 12.1. The number of nitrogens with zero attached hydrogens (tertiary/aromatic N) is 6. The molecule has 2 aromatic carbocycles. The van der Waals surface area contributed by atoms with Crippen LogP contribution in [0.25, 0.3) is 16.9 Å². The zero-order valence-electron chi connectivity index (χ0n) is 19.9. The number of amides is 1. The molecule has 4 heterocycles. The molecule has 37 heavy (non-hydrogen) atoms. The number of rotatable bonds is 5. The number of pyridine rings is 1. The van der Waals surface area contributed by atoms with Crippen LogP contribution in [0.2, 0.25) is 0 Å². The standard InChI is InChI=1S/C27H24FN7O2/c28-22-17-30-26(35-10-9-31-32-35)24-23(22)21(16-29-24)25(36)27(37)34-13-11-33(12-14-34)20-8-4-7-19(15-20)18-5-2-1-3-6-18/h1-10,15,17,21,29H,11-14,16H2. The number of Topliss-reactive ketones (excluding diaryl/α,β-unsaturated/α-hetero) is 1. The first kappa shape index (κ1) is 22.8. The van der Waals surface area contributed by atoms with Crippen LogP contribution in [0.1, 0.15) is 11.5 Å². The summed E-state index contributed by atoms with van der Waals surface area (Å²) in [6.07, 6.45) is 4.11. The highest BCUT2D eigenvalue weighted by Crippen LogP contribution is 2.37. The fourth-order valence-electron chi connectivity index (χ4n) is 5.02. The molecule has 2 aliphatic rings. The molecule has 10 heteroatoms. The zero-order chi connectivity index (χ0) is 25.4. The molecular formula is C27H24FN7O2. The van der Waals surface area contributed by atoms with E-state index in [1.54, 1.807) is 11.1 Å². The maximum Gasteiger partial charge on any atom is 0.290 e. The summed E-state index contributed by atoms with van der Waals surface area (Å²) in [5.74, 6) is -2.43. The fraction of sp³-hybridized carbons (Fsp3) is 0.222.